The first-order chi connectivity index (χ1) is 10.7. The van der Waals surface area contributed by atoms with Crippen molar-refractivity contribution in [1.29, 1.82) is 0 Å². The predicted octanol–water partition coefficient (Wildman–Crippen LogP) is 2.06. The standard InChI is InChI=1S/C16H29N5S.HI/c1-4-20-6-8-21(9-7-20)14(2)11-18-16(17-3)19-12-15-5-10-22-13-15;/h5,10,13-14H,4,6-9,11-12H2,1-3H3,(H2,17,18,19);1H. The molecule has 1 aromatic rings. The van der Waals surface area contributed by atoms with E-state index < -0.39 is 0 Å². The van der Waals surface area contributed by atoms with Gasteiger partial charge >= 0.3 is 0 Å². The van der Waals surface area contributed by atoms with Crippen molar-refractivity contribution >= 4 is 41.3 Å². The minimum Gasteiger partial charge on any atom is -0.355 e. The molecule has 0 saturated carbocycles. The zero-order valence-corrected chi connectivity index (χ0v) is 17.6. The fourth-order valence-electron chi connectivity index (χ4n) is 2.69. The summed E-state index contributed by atoms with van der Waals surface area (Å²) in [7, 11) is 1.83. The molecule has 23 heavy (non-hydrogen) atoms. The van der Waals surface area contributed by atoms with Crippen molar-refractivity contribution in [3.05, 3.63) is 22.4 Å². The van der Waals surface area contributed by atoms with E-state index in [2.05, 4.69) is 56.1 Å². The average Bonchev–Trinajstić information content (AvgIpc) is 3.08. The van der Waals surface area contributed by atoms with Gasteiger partial charge in [0.2, 0.25) is 0 Å². The summed E-state index contributed by atoms with van der Waals surface area (Å²) in [6.07, 6.45) is 0. The van der Waals surface area contributed by atoms with E-state index in [4.69, 9.17) is 0 Å². The van der Waals surface area contributed by atoms with Crippen molar-refractivity contribution in [2.75, 3.05) is 46.3 Å². The van der Waals surface area contributed by atoms with Crippen LogP contribution in [0.3, 0.4) is 0 Å². The van der Waals surface area contributed by atoms with Crippen LogP contribution in [0.25, 0.3) is 0 Å². The third-order valence-electron chi connectivity index (χ3n) is 4.31. The molecular formula is C16H30IN5S. The van der Waals surface area contributed by atoms with Crippen molar-refractivity contribution in [1.82, 2.24) is 20.4 Å². The molecule has 7 heteroatoms. The van der Waals surface area contributed by atoms with Crippen molar-refractivity contribution < 1.29 is 0 Å². The van der Waals surface area contributed by atoms with Gasteiger partial charge in [0.1, 0.15) is 0 Å². The Morgan fingerprint density at radius 1 is 1.30 bits per heavy atom. The Hall–Kier alpha value is -0.380. The zero-order chi connectivity index (χ0) is 15.8. The van der Waals surface area contributed by atoms with Crippen LogP contribution in [-0.4, -0.2) is 68.1 Å². The van der Waals surface area contributed by atoms with E-state index in [1.165, 1.54) is 25.2 Å². The molecule has 1 aliphatic rings. The molecule has 1 aliphatic heterocycles. The number of piperazine rings is 1. The molecule has 2 rings (SSSR count). The first-order valence-electron chi connectivity index (χ1n) is 8.15. The quantitative estimate of drug-likeness (QED) is 0.395. The van der Waals surface area contributed by atoms with E-state index in [1.54, 1.807) is 11.3 Å². The summed E-state index contributed by atoms with van der Waals surface area (Å²) in [5.41, 5.74) is 1.30. The molecule has 2 N–H and O–H groups in total. The number of nitrogens with one attached hydrogen (secondary N) is 2. The lowest BCUT2D eigenvalue weighted by molar-refractivity contribution is 0.107. The molecule has 5 nitrogen and oxygen atoms in total. The molecule has 1 atom stereocenters. The second-order valence-corrected chi connectivity index (χ2v) is 6.54. The highest BCUT2D eigenvalue weighted by atomic mass is 127. The second kappa shape index (κ2) is 11.2. The molecule has 1 saturated heterocycles. The Morgan fingerprint density at radius 2 is 2.04 bits per heavy atom. The van der Waals surface area contributed by atoms with Crippen molar-refractivity contribution in [3.63, 3.8) is 0 Å². The lowest BCUT2D eigenvalue weighted by atomic mass is 10.2. The fourth-order valence-corrected chi connectivity index (χ4v) is 3.36. The fraction of sp³-hybridized carbons (Fsp3) is 0.688. The van der Waals surface area contributed by atoms with Crippen LogP contribution in [0.1, 0.15) is 19.4 Å². The topological polar surface area (TPSA) is 42.9 Å². The number of thiophene rings is 1. The van der Waals surface area contributed by atoms with E-state index >= 15 is 0 Å². The molecule has 0 bridgehead atoms. The van der Waals surface area contributed by atoms with E-state index in [1.807, 2.05) is 7.05 Å². The Kier molecular flexibility index (Phi) is 10.1. The molecule has 0 spiro atoms. The van der Waals surface area contributed by atoms with Crippen molar-refractivity contribution in [3.8, 4) is 0 Å². The van der Waals surface area contributed by atoms with E-state index in [0.717, 1.165) is 32.1 Å². The zero-order valence-electron chi connectivity index (χ0n) is 14.4. The highest BCUT2D eigenvalue weighted by molar-refractivity contribution is 14.0. The van der Waals surface area contributed by atoms with Crippen molar-refractivity contribution in [2.45, 2.75) is 26.4 Å². The largest absolute Gasteiger partial charge is 0.355 e. The summed E-state index contributed by atoms with van der Waals surface area (Å²) in [6, 6.07) is 2.67. The maximum absolute atomic E-state index is 4.30. The Labute approximate surface area is 161 Å². The minimum atomic E-state index is 0. The van der Waals surface area contributed by atoms with Crippen LogP contribution >= 0.6 is 35.3 Å². The number of likely N-dealkylation sites (N-methyl/N-ethyl adjacent to an activating group) is 1. The Bertz CT molecular complexity index is 443. The van der Waals surface area contributed by atoms with Crippen molar-refractivity contribution in [2.24, 2.45) is 4.99 Å². The van der Waals surface area contributed by atoms with Crippen LogP contribution in [0, 0.1) is 0 Å². The third-order valence-corrected chi connectivity index (χ3v) is 5.04. The van der Waals surface area contributed by atoms with Gasteiger partial charge in [-0.1, -0.05) is 6.92 Å². The molecule has 0 amide bonds. The van der Waals surface area contributed by atoms with Gasteiger partial charge in [0.25, 0.3) is 0 Å². The van der Waals surface area contributed by atoms with Crippen LogP contribution in [0.15, 0.2) is 21.8 Å². The van der Waals surface area contributed by atoms with Gasteiger partial charge in [0.15, 0.2) is 5.96 Å². The van der Waals surface area contributed by atoms with Crippen LogP contribution in [0.4, 0.5) is 0 Å². The lowest BCUT2D eigenvalue weighted by Crippen LogP contribution is -2.53. The molecule has 2 heterocycles. The van der Waals surface area contributed by atoms with Gasteiger partial charge in [-0.3, -0.25) is 9.89 Å². The predicted molar refractivity (Wildman–Crippen MR) is 111 cm³/mol. The molecule has 132 valence electrons. The molecule has 1 unspecified atom stereocenters. The first-order valence-corrected chi connectivity index (χ1v) is 9.09. The molecule has 1 fully saturated rings. The molecule has 0 aliphatic carbocycles. The molecule has 0 radical (unpaired) electrons. The maximum Gasteiger partial charge on any atom is 0.191 e. The Balaban J connectivity index is 0.00000264. The smallest absolute Gasteiger partial charge is 0.191 e. The van der Waals surface area contributed by atoms with Crippen LogP contribution in [0.5, 0.6) is 0 Å². The number of nitrogens with zero attached hydrogens (tertiary/aromatic N) is 3. The molecule has 0 aromatic carbocycles. The third kappa shape index (κ3) is 6.94. The SMILES string of the molecule is CCN1CCN(C(C)CNC(=NC)NCc2ccsc2)CC1.I. The van der Waals surface area contributed by atoms with Gasteiger partial charge in [-0.2, -0.15) is 11.3 Å². The normalized spacial score (nSPS) is 18.3. The van der Waals surface area contributed by atoms with Gasteiger partial charge in [0.05, 0.1) is 0 Å². The Morgan fingerprint density at radius 3 is 2.61 bits per heavy atom. The van der Waals surface area contributed by atoms with Gasteiger partial charge in [-0.15, -0.1) is 24.0 Å². The van der Waals surface area contributed by atoms with Gasteiger partial charge in [0, 0.05) is 52.4 Å². The molecular weight excluding hydrogens is 421 g/mol. The van der Waals surface area contributed by atoms with E-state index in [0.29, 0.717) is 6.04 Å². The van der Waals surface area contributed by atoms with Gasteiger partial charge in [-0.25, -0.2) is 0 Å². The van der Waals surface area contributed by atoms with E-state index in [-0.39, 0.29) is 24.0 Å². The minimum absolute atomic E-state index is 0. The van der Waals surface area contributed by atoms with Gasteiger partial charge in [-0.05, 0) is 35.9 Å². The number of hydrogen-bond donors (Lipinski definition) is 2. The van der Waals surface area contributed by atoms with E-state index in [9.17, 15) is 0 Å². The highest BCUT2D eigenvalue weighted by Crippen LogP contribution is 2.06. The van der Waals surface area contributed by atoms with Crippen LogP contribution in [-0.2, 0) is 6.54 Å². The summed E-state index contributed by atoms with van der Waals surface area (Å²) in [5, 5.41) is 11.1. The first kappa shape index (κ1) is 20.7. The lowest BCUT2D eigenvalue weighted by Gasteiger charge is -2.37. The summed E-state index contributed by atoms with van der Waals surface area (Å²) < 4.78 is 0. The number of halogens is 1. The summed E-state index contributed by atoms with van der Waals surface area (Å²) in [4.78, 5) is 9.37. The second-order valence-electron chi connectivity index (χ2n) is 5.76. The van der Waals surface area contributed by atoms with Crippen LogP contribution < -0.4 is 10.6 Å². The van der Waals surface area contributed by atoms with Gasteiger partial charge < -0.3 is 15.5 Å². The van der Waals surface area contributed by atoms with Crippen LogP contribution in [0.2, 0.25) is 0 Å². The summed E-state index contributed by atoms with van der Waals surface area (Å²) in [6.45, 7) is 12.2. The monoisotopic (exact) mass is 451 g/mol. The number of rotatable bonds is 6. The molecule has 1 aromatic heterocycles. The summed E-state index contributed by atoms with van der Waals surface area (Å²) in [5.74, 6) is 0.880. The number of guanidine groups is 1. The number of aliphatic imine (C=N–C) groups is 1. The average molecular weight is 451 g/mol. The summed E-state index contributed by atoms with van der Waals surface area (Å²) >= 11 is 1.73. The number of hydrogen-bond acceptors (Lipinski definition) is 4. The maximum atomic E-state index is 4.30. The highest BCUT2D eigenvalue weighted by Gasteiger charge is 2.20.